The van der Waals surface area contributed by atoms with Crippen molar-refractivity contribution in [2.75, 3.05) is 20.7 Å². The summed E-state index contributed by atoms with van der Waals surface area (Å²) in [5.41, 5.74) is 2.93. The van der Waals surface area contributed by atoms with Gasteiger partial charge in [-0.1, -0.05) is 24.3 Å². The van der Waals surface area contributed by atoms with Gasteiger partial charge in [-0.3, -0.25) is 0 Å². The van der Waals surface area contributed by atoms with Crippen molar-refractivity contribution >= 4 is 5.96 Å². The molecule has 0 atom stereocenters. The summed E-state index contributed by atoms with van der Waals surface area (Å²) in [6.45, 7) is 4.18. The number of hydrogen-bond donors (Lipinski definition) is 1. The molecule has 25 heavy (non-hydrogen) atoms. The molecule has 0 radical (unpaired) electrons. The molecule has 0 saturated heterocycles. The molecule has 0 saturated carbocycles. The second-order valence-corrected chi connectivity index (χ2v) is 5.68. The first kappa shape index (κ1) is 18.3. The van der Waals surface area contributed by atoms with Crippen LogP contribution in [0, 0.1) is 11.3 Å². The van der Waals surface area contributed by atoms with E-state index in [1.807, 2.05) is 43.4 Å². The van der Waals surface area contributed by atoms with Crippen LogP contribution < -0.4 is 10.1 Å². The van der Waals surface area contributed by atoms with E-state index in [9.17, 15) is 0 Å². The van der Waals surface area contributed by atoms with Gasteiger partial charge in [0.2, 0.25) is 0 Å². The summed E-state index contributed by atoms with van der Waals surface area (Å²) in [6, 6.07) is 17.7. The van der Waals surface area contributed by atoms with Crippen molar-refractivity contribution in [2.24, 2.45) is 4.99 Å². The zero-order valence-electron chi connectivity index (χ0n) is 15.0. The molecule has 5 nitrogen and oxygen atoms in total. The monoisotopic (exact) mass is 336 g/mol. The molecule has 130 valence electrons. The number of rotatable bonds is 6. The molecule has 2 rings (SSSR count). The number of hydrogen-bond acceptors (Lipinski definition) is 3. The van der Waals surface area contributed by atoms with Crippen molar-refractivity contribution in [2.45, 2.75) is 20.0 Å². The van der Waals surface area contributed by atoms with Crippen molar-refractivity contribution in [3.8, 4) is 11.8 Å². The van der Waals surface area contributed by atoms with Gasteiger partial charge in [-0.05, 0) is 42.3 Å². The average Bonchev–Trinajstić information content (AvgIpc) is 2.66. The van der Waals surface area contributed by atoms with Crippen LogP contribution in [0.3, 0.4) is 0 Å². The lowest BCUT2D eigenvalue weighted by molar-refractivity contribution is 0.414. The fourth-order valence-corrected chi connectivity index (χ4v) is 2.40. The van der Waals surface area contributed by atoms with Gasteiger partial charge in [-0.15, -0.1) is 0 Å². The number of nitriles is 1. The molecule has 0 aliphatic carbocycles. The Morgan fingerprint density at radius 1 is 1.12 bits per heavy atom. The van der Waals surface area contributed by atoms with Crippen LogP contribution in [-0.4, -0.2) is 31.6 Å². The van der Waals surface area contributed by atoms with E-state index >= 15 is 0 Å². The third-order valence-corrected chi connectivity index (χ3v) is 3.77. The summed E-state index contributed by atoms with van der Waals surface area (Å²) in [4.78, 5) is 6.79. The number of nitrogens with one attached hydrogen (secondary N) is 1. The lowest BCUT2D eigenvalue weighted by Gasteiger charge is -2.22. The van der Waals surface area contributed by atoms with Crippen molar-refractivity contribution < 1.29 is 4.74 Å². The molecule has 0 fully saturated rings. The van der Waals surface area contributed by atoms with Crippen LogP contribution in [0.25, 0.3) is 0 Å². The minimum atomic E-state index is 0.570. The van der Waals surface area contributed by atoms with Gasteiger partial charge < -0.3 is 15.0 Å². The molecule has 0 aliphatic rings. The van der Waals surface area contributed by atoms with E-state index in [0.717, 1.165) is 30.4 Å². The number of guanidine groups is 1. The number of nitrogens with zero attached hydrogens (tertiary/aromatic N) is 3. The maximum absolute atomic E-state index is 8.86. The number of methoxy groups -OCH3 is 1. The molecule has 0 bridgehead atoms. The van der Waals surface area contributed by atoms with Gasteiger partial charge in [-0.2, -0.15) is 5.26 Å². The minimum Gasteiger partial charge on any atom is -0.497 e. The topological polar surface area (TPSA) is 60.7 Å². The highest BCUT2D eigenvalue weighted by Gasteiger charge is 2.07. The molecular formula is C20H24N4O. The normalized spacial score (nSPS) is 10.9. The third-order valence-electron chi connectivity index (χ3n) is 3.77. The van der Waals surface area contributed by atoms with Gasteiger partial charge in [0.1, 0.15) is 5.75 Å². The van der Waals surface area contributed by atoms with Crippen LogP contribution in [0.1, 0.15) is 23.6 Å². The SMILES string of the molecule is CCNC(=NCc1ccc(C#N)cc1)N(C)Cc1ccc(OC)cc1. The van der Waals surface area contributed by atoms with E-state index < -0.39 is 0 Å². The summed E-state index contributed by atoms with van der Waals surface area (Å²) < 4.78 is 5.19. The summed E-state index contributed by atoms with van der Waals surface area (Å²) >= 11 is 0. The Morgan fingerprint density at radius 3 is 2.32 bits per heavy atom. The highest BCUT2D eigenvalue weighted by atomic mass is 16.5. The fourth-order valence-electron chi connectivity index (χ4n) is 2.40. The van der Waals surface area contributed by atoms with Crippen LogP contribution in [0.2, 0.25) is 0 Å². The van der Waals surface area contributed by atoms with Gasteiger partial charge in [-0.25, -0.2) is 4.99 Å². The second kappa shape index (κ2) is 9.33. The maximum atomic E-state index is 8.86. The van der Waals surface area contributed by atoms with E-state index in [1.165, 1.54) is 5.56 Å². The molecule has 0 unspecified atom stereocenters. The first-order valence-corrected chi connectivity index (χ1v) is 8.27. The predicted octanol–water partition coefficient (Wildman–Crippen LogP) is 3.16. The zero-order chi connectivity index (χ0) is 18.1. The average molecular weight is 336 g/mol. The number of aliphatic imine (C=N–C) groups is 1. The first-order valence-electron chi connectivity index (χ1n) is 8.27. The maximum Gasteiger partial charge on any atom is 0.194 e. The van der Waals surface area contributed by atoms with E-state index in [0.29, 0.717) is 12.1 Å². The quantitative estimate of drug-likeness (QED) is 0.650. The molecule has 1 N–H and O–H groups in total. The van der Waals surface area contributed by atoms with Crippen LogP contribution >= 0.6 is 0 Å². The van der Waals surface area contributed by atoms with Gasteiger partial charge in [0.15, 0.2) is 5.96 Å². The first-order chi connectivity index (χ1) is 12.2. The lowest BCUT2D eigenvalue weighted by Crippen LogP contribution is -2.38. The Hall–Kier alpha value is -3.00. The molecule has 5 heteroatoms. The molecule has 0 aliphatic heterocycles. The zero-order valence-corrected chi connectivity index (χ0v) is 15.0. The van der Waals surface area contributed by atoms with E-state index in [-0.39, 0.29) is 0 Å². The Bertz CT molecular complexity index is 730. The van der Waals surface area contributed by atoms with Crippen molar-refractivity contribution in [3.63, 3.8) is 0 Å². The van der Waals surface area contributed by atoms with E-state index in [4.69, 9.17) is 15.0 Å². The van der Waals surface area contributed by atoms with Gasteiger partial charge in [0.05, 0.1) is 25.3 Å². The van der Waals surface area contributed by atoms with E-state index in [1.54, 1.807) is 7.11 Å². The Balaban J connectivity index is 2.04. The molecule has 0 aromatic heterocycles. The molecule has 0 heterocycles. The Morgan fingerprint density at radius 2 is 1.76 bits per heavy atom. The van der Waals surface area contributed by atoms with Crippen LogP contribution in [0.5, 0.6) is 5.75 Å². The smallest absolute Gasteiger partial charge is 0.194 e. The molecule has 0 amide bonds. The Labute approximate surface area is 149 Å². The van der Waals surface area contributed by atoms with E-state index in [2.05, 4.69) is 35.3 Å². The van der Waals surface area contributed by atoms with Crippen molar-refractivity contribution in [1.82, 2.24) is 10.2 Å². The van der Waals surface area contributed by atoms with Crippen molar-refractivity contribution in [1.29, 1.82) is 5.26 Å². The van der Waals surface area contributed by atoms with Gasteiger partial charge in [0, 0.05) is 20.1 Å². The predicted molar refractivity (Wildman–Crippen MR) is 100 cm³/mol. The molecular weight excluding hydrogens is 312 g/mol. The third kappa shape index (κ3) is 5.54. The fraction of sp³-hybridized carbons (Fsp3) is 0.300. The number of benzene rings is 2. The standard InChI is InChI=1S/C20H24N4O/c1-4-22-20(23-14-17-7-5-16(13-21)6-8-17)24(2)15-18-9-11-19(25-3)12-10-18/h5-12H,4,14-15H2,1-3H3,(H,22,23). The summed E-state index contributed by atoms with van der Waals surface area (Å²) in [6.07, 6.45) is 0. The lowest BCUT2D eigenvalue weighted by atomic mass is 10.1. The number of ether oxygens (including phenoxy) is 1. The summed E-state index contributed by atoms with van der Waals surface area (Å²) in [7, 11) is 3.69. The summed E-state index contributed by atoms with van der Waals surface area (Å²) in [5.74, 6) is 1.70. The highest BCUT2D eigenvalue weighted by molar-refractivity contribution is 5.79. The second-order valence-electron chi connectivity index (χ2n) is 5.68. The molecule has 0 spiro atoms. The van der Waals surface area contributed by atoms with Crippen molar-refractivity contribution in [3.05, 3.63) is 65.2 Å². The molecule has 2 aromatic carbocycles. The van der Waals surface area contributed by atoms with Crippen LogP contribution in [-0.2, 0) is 13.1 Å². The minimum absolute atomic E-state index is 0.570. The van der Waals surface area contributed by atoms with Gasteiger partial charge >= 0.3 is 0 Å². The van der Waals surface area contributed by atoms with Gasteiger partial charge in [0.25, 0.3) is 0 Å². The largest absolute Gasteiger partial charge is 0.497 e. The Kier molecular flexibility index (Phi) is 6.85. The molecule has 2 aromatic rings. The summed E-state index contributed by atoms with van der Waals surface area (Å²) in [5, 5.41) is 12.2. The van der Waals surface area contributed by atoms with Crippen LogP contribution in [0.15, 0.2) is 53.5 Å². The van der Waals surface area contributed by atoms with Crippen LogP contribution in [0.4, 0.5) is 0 Å². The highest BCUT2D eigenvalue weighted by Crippen LogP contribution is 2.13.